The van der Waals surface area contributed by atoms with Gasteiger partial charge in [-0.3, -0.25) is 29.4 Å². The Kier molecular flexibility index (Phi) is 7.23. The van der Waals surface area contributed by atoms with Crippen molar-refractivity contribution in [3.05, 3.63) is 29.1 Å². The molecule has 1 aromatic rings. The van der Waals surface area contributed by atoms with Crippen LogP contribution in [0.2, 0.25) is 0 Å². The van der Waals surface area contributed by atoms with Gasteiger partial charge in [0.05, 0.1) is 5.69 Å². The van der Waals surface area contributed by atoms with E-state index in [-0.39, 0.29) is 30.5 Å². The van der Waals surface area contributed by atoms with Crippen molar-refractivity contribution in [3.8, 4) is 0 Å². The highest BCUT2D eigenvalue weighted by atomic mass is 19.1. The molecular formula is C23H29FN4O6. The minimum Gasteiger partial charge on any atom is -0.444 e. The third-order valence-electron chi connectivity index (χ3n) is 5.69. The maximum atomic E-state index is 15.1. The quantitative estimate of drug-likeness (QED) is 0.518. The molecule has 0 radical (unpaired) electrons. The van der Waals surface area contributed by atoms with Crippen LogP contribution in [-0.2, 0) is 19.1 Å². The summed E-state index contributed by atoms with van der Waals surface area (Å²) in [4.78, 5) is 64.4. The Bertz CT molecular complexity index is 1010. The fourth-order valence-electron chi connectivity index (χ4n) is 3.94. The maximum Gasteiger partial charge on any atom is 0.410 e. The number of aryl methyl sites for hydroxylation is 1. The Labute approximate surface area is 197 Å². The van der Waals surface area contributed by atoms with E-state index in [0.29, 0.717) is 36.6 Å². The molecule has 2 fully saturated rings. The van der Waals surface area contributed by atoms with Crippen LogP contribution >= 0.6 is 0 Å². The number of hydrogen-bond donors (Lipinski definition) is 1. The lowest BCUT2D eigenvalue weighted by Crippen LogP contribution is -2.54. The molecule has 2 aliphatic heterocycles. The molecular weight excluding hydrogens is 447 g/mol. The minimum atomic E-state index is -1.13. The lowest BCUT2D eigenvalue weighted by atomic mass is 10.0. The third kappa shape index (κ3) is 5.52. The number of anilines is 1. The molecule has 0 aromatic heterocycles. The Morgan fingerprint density at radius 1 is 1.18 bits per heavy atom. The fourth-order valence-corrected chi connectivity index (χ4v) is 3.94. The van der Waals surface area contributed by atoms with Crippen molar-refractivity contribution in [1.82, 2.24) is 15.1 Å². The molecule has 1 unspecified atom stereocenters. The highest BCUT2D eigenvalue weighted by Crippen LogP contribution is 2.27. The van der Waals surface area contributed by atoms with E-state index in [1.807, 2.05) is 0 Å². The number of nitrogens with one attached hydrogen (secondary N) is 1. The molecule has 1 aromatic carbocycles. The van der Waals surface area contributed by atoms with Crippen molar-refractivity contribution >= 4 is 35.9 Å². The van der Waals surface area contributed by atoms with Gasteiger partial charge < -0.3 is 14.5 Å². The zero-order valence-electron chi connectivity index (χ0n) is 19.7. The van der Waals surface area contributed by atoms with Crippen LogP contribution in [0, 0.1) is 12.7 Å². The van der Waals surface area contributed by atoms with Gasteiger partial charge in [-0.1, -0.05) is 0 Å². The predicted molar refractivity (Wildman–Crippen MR) is 120 cm³/mol. The molecule has 2 saturated heterocycles. The van der Waals surface area contributed by atoms with Crippen molar-refractivity contribution in [2.75, 3.05) is 31.1 Å². The summed E-state index contributed by atoms with van der Waals surface area (Å²) < 4.78 is 20.4. The number of amides is 5. The summed E-state index contributed by atoms with van der Waals surface area (Å²) in [7, 11) is 0. The fraction of sp³-hybridized carbons (Fsp3) is 0.522. The number of piperidine rings is 1. The number of ether oxygens (including phenoxy) is 1. The summed E-state index contributed by atoms with van der Waals surface area (Å²) >= 11 is 0. The summed E-state index contributed by atoms with van der Waals surface area (Å²) in [6.07, 6.45) is -0.192. The minimum absolute atomic E-state index is 0.00438. The van der Waals surface area contributed by atoms with E-state index in [2.05, 4.69) is 5.32 Å². The number of hydrogen-bond acceptors (Lipinski definition) is 7. The van der Waals surface area contributed by atoms with Gasteiger partial charge in [0.25, 0.3) is 5.91 Å². The van der Waals surface area contributed by atoms with Crippen molar-refractivity contribution in [3.63, 3.8) is 0 Å². The Balaban J connectivity index is 1.73. The van der Waals surface area contributed by atoms with E-state index in [1.165, 1.54) is 6.07 Å². The highest BCUT2D eigenvalue weighted by Gasteiger charge is 2.36. The first-order chi connectivity index (χ1) is 15.9. The van der Waals surface area contributed by atoms with Crippen LogP contribution in [0.3, 0.4) is 0 Å². The van der Waals surface area contributed by atoms with E-state index in [1.54, 1.807) is 37.5 Å². The second-order valence-corrected chi connectivity index (χ2v) is 9.36. The van der Waals surface area contributed by atoms with Crippen LogP contribution in [0.15, 0.2) is 12.1 Å². The number of nitrogens with zero attached hydrogens (tertiary/aromatic N) is 3. The summed E-state index contributed by atoms with van der Waals surface area (Å²) in [6.45, 7) is 8.42. The van der Waals surface area contributed by atoms with Gasteiger partial charge in [0, 0.05) is 38.2 Å². The smallest absolute Gasteiger partial charge is 0.410 e. The molecule has 34 heavy (non-hydrogen) atoms. The molecule has 2 aliphatic rings. The van der Waals surface area contributed by atoms with Crippen LogP contribution in [-0.4, -0.2) is 77.8 Å². The predicted octanol–water partition coefficient (Wildman–Crippen LogP) is 1.60. The molecule has 3 rings (SSSR count). The molecule has 184 valence electrons. The van der Waals surface area contributed by atoms with Crippen molar-refractivity contribution in [2.24, 2.45) is 0 Å². The average molecular weight is 477 g/mol. The molecule has 10 nitrogen and oxygen atoms in total. The topological polar surface area (TPSA) is 116 Å². The number of imide groups is 2. The van der Waals surface area contributed by atoms with Crippen LogP contribution in [0.25, 0.3) is 0 Å². The van der Waals surface area contributed by atoms with Crippen LogP contribution in [0.1, 0.15) is 49.5 Å². The first-order valence-electron chi connectivity index (χ1n) is 11.1. The lowest BCUT2D eigenvalue weighted by Gasteiger charge is -2.37. The monoisotopic (exact) mass is 476 g/mol. The lowest BCUT2D eigenvalue weighted by molar-refractivity contribution is -0.139. The normalized spacial score (nSPS) is 18.9. The first-order valence-corrected chi connectivity index (χ1v) is 11.1. The molecule has 0 bridgehead atoms. The van der Waals surface area contributed by atoms with Crippen molar-refractivity contribution < 1.29 is 33.1 Å². The van der Waals surface area contributed by atoms with Gasteiger partial charge >= 0.3 is 6.09 Å². The summed E-state index contributed by atoms with van der Waals surface area (Å²) in [5.41, 5.74) is 0.0420. The SMILES string of the molecule is Cc1cc(N2CCN(C(=O)OC(C)(C)C)CC2)c(F)cc1C(=O)N(C=O)C1CCC(=O)NC1=O. The number of halogens is 1. The second kappa shape index (κ2) is 9.78. The van der Waals surface area contributed by atoms with E-state index < -0.39 is 41.3 Å². The Morgan fingerprint density at radius 2 is 1.82 bits per heavy atom. The van der Waals surface area contributed by atoms with Crippen LogP contribution in [0.4, 0.5) is 14.9 Å². The summed E-state index contributed by atoms with van der Waals surface area (Å²) in [5.74, 6) is -2.69. The van der Waals surface area contributed by atoms with E-state index >= 15 is 4.39 Å². The van der Waals surface area contributed by atoms with Gasteiger partial charge in [-0.25, -0.2) is 9.18 Å². The van der Waals surface area contributed by atoms with Gasteiger partial charge in [0.1, 0.15) is 17.5 Å². The number of benzene rings is 1. The van der Waals surface area contributed by atoms with Crippen molar-refractivity contribution in [1.29, 1.82) is 0 Å². The molecule has 0 spiro atoms. The Morgan fingerprint density at radius 3 is 2.38 bits per heavy atom. The van der Waals surface area contributed by atoms with Gasteiger partial charge in [-0.05, 0) is 51.8 Å². The molecule has 11 heteroatoms. The largest absolute Gasteiger partial charge is 0.444 e. The van der Waals surface area contributed by atoms with Gasteiger partial charge in [0.15, 0.2) is 0 Å². The second-order valence-electron chi connectivity index (χ2n) is 9.36. The highest BCUT2D eigenvalue weighted by molar-refractivity contribution is 6.07. The average Bonchev–Trinajstić information content (AvgIpc) is 2.75. The number of rotatable bonds is 4. The van der Waals surface area contributed by atoms with Gasteiger partial charge in [-0.15, -0.1) is 0 Å². The Hall–Kier alpha value is -3.50. The van der Waals surface area contributed by atoms with E-state index in [4.69, 9.17) is 4.74 Å². The van der Waals surface area contributed by atoms with Crippen LogP contribution in [0.5, 0.6) is 0 Å². The van der Waals surface area contributed by atoms with E-state index in [0.717, 1.165) is 6.07 Å². The number of carbonyl (C=O) groups is 5. The zero-order valence-corrected chi connectivity index (χ0v) is 19.7. The molecule has 5 amide bonds. The summed E-state index contributed by atoms with van der Waals surface area (Å²) in [5, 5.41) is 2.10. The van der Waals surface area contributed by atoms with Gasteiger partial charge in [-0.2, -0.15) is 0 Å². The zero-order chi connectivity index (χ0) is 25.2. The van der Waals surface area contributed by atoms with Gasteiger partial charge in [0.2, 0.25) is 18.2 Å². The first kappa shape index (κ1) is 25.1. The molecule has 1 atom stereocenters. The molecule has 2 heterocycles. The van der Waals surface area contributed by atoms with Crippen LogP contribution < -0.4 is 10.2 Å². The number of piperazine rings is 1. The third-order valence-corrected chi connectivity index (χ3v) is 5.69. The molecule has 0 saturated carbocycles. The number of carbonyl (C=O) groups excluding carboxylic acids is 5. The molecule has 1 N–H and O–H groups in total. The summed E-state index contributed by atoms with van der Waals surface area (Å²) in [6, 6.07) is 1.43. The van der Waals surface area contributed by atoms with E-state index in [9.17, 15) is 24.0 Å². The standard InChI is InChI=1S/C23H29FN4O6/c1-14-11-18(26-7-9-27(10-8-26)22(33)34-23(2,3)4)16(24)12-15(14)21(32)28(13-29)17-5-6-19(30)25-20(17)31/h11-13,17H,5-10H2,1-4H3,(H,25,30,31). The van der Waals surface area contributed by atoms with Crippen molar-refractivity contribution in [2.45, 2.75) is 52.2 Å². The molecule has 0 aliphatic carbocycles. The maximum absolute atomic E-state index is 15.1.